The van der Waals surface area contributed by atoms with Crippen LogP contribution in [0.3, 0.4) is 0 Å². The smallest absolute Gasteiger partial charge is 0.245 e. The van der Waals surface area contributed by atoms with E-state index in [1.54, 1.807) is 30.3 Å². The Bertz CT molecular complexity index is 923. The Morgan fingerprint density at radius 1 is 1.15 bits per heavy atom. The summed E-state index contributed by atoms with van der Waals surface area (Å²) in [6.45, 7) is 7.31. The maximum Gasteiger partial charge on any atom is 0.245 e. The van der Waals surface area contributed by atoms with Crippen molar-refractivity contribution in [2.45, 2.75) is 33.8 Å². The molecule has 0 aromatic heterocycles. The molecule has 0 radical (unpaired) electrons. The van der Waals surface area contributed by atoms with E-state index in [0.29, 0.717) is 17.1 Å². The lowest BCUT2D eigenvalue weighted by molar-refractivity contribution is -0.114. The third-order valence-electron chi connectivity index (χ3n) is 4.04. The predicted molar refractivity (Wildman–Crippen MR) is 109 cm³/mol. The number of rotatable bonds is 7. The third-order valence-corrected chi connectivity index (χ3v) is 5.18. The number of aryl methyl sites for hydroxylation is 1. The number of anilines is 2. The topological polar surface area (TPSA) is 75.7 Å². The van der Waals surface area contributed by atoms with Gasteiger partial charge < -0.3 is 10.1 Å². The summed E-state index contributed by atoms with van der Waals surface area (Å²) in [6.07, 6.45) is 1.04. The number of ether oxygens (including phenoxy) is 1. The molecule has 7 heteroatoms. The fourth-order valence-corrected chi connectivity index (χ4v) is 3.44. The second kappa shape index (κ2) is 8.43. The monoisotopic (exact) mass is 390 g/mol. The molecule has 6 nitrogen and oxygen atoms in total. The van der Waals surface area contributed by atoms with Gasteiger partial charge in [0.25, 0.3) is 0 Å². The van der Waals surface area contributed by atoms with E-state index in [1.165, 1.54) is 0 Å². The van der Waals surface area contributed by atoms with Crippen LogP contribution in [0.4, 0.5) is 11.4 Å². The Hall–Kier alpha value is -2.54. The number of amides is 1. The molecule has 0 aliphatic rings. The number of nitrogens with zero attached hydrogens (tertiary/aromatic N) is 1. The summed E-state index contributed by atoms with van der Waals surface area (Å²) in [5.41, 5.74) is 3.05. The van der Waals surface area contributed by atoms with Gasteiger partial charge in [-0.1, -0.05) is 18.2 Å². The fraction of sp³-hybridized carbons (Fsp3) is 0.350. The van der Waals surface area contributed by atoms with Gasteiger partial charge in [0.1, 0.15) is 12.3 Å². The first-order valence-electron chi connectivity index (χ1n) is 8.68. The molecule has 0 fully saturated rings. The molecule has 0 aliphatic heterocycles. The molecule has 0 bridgehead atoms. The van der Waals surface area contributed by atoms with E-state index >= 15 is 0 Å². The summed E-state index contributed by atoms with van der Waals surface area (Å²) >= 11 is 0. The molecule has 0 aliphatic carbocycles. The highest BCUT2D eigenvalue weighted by Crippen LogP contribution is 2.24. The van der Waals surface area contributed by atoms with Gasteiger partial charge in [0.2, 0.25) is 15.9 Å². The van der Waals surface area contributed by atoms with Gasteiger partial charge in [0, 0.05) is 11.8 Å². The van der Waals surface area contributed by atoms with E-state index in [9.17, 15) is 13.2 Å². The van der Waals surface area contributed by atoms with Crippen molar-refractivity contribution in [3.63, 3.8) is 0 Å². The van der Waals surface area contributed by atoms with Gasteiger partial charge in [0.05, 0.1) is 18.0 Å². The highest BCUT2D eigenvalue weighted by atomic mass is 32.2. The molecular formula is C20H26N2O4S. The summed E-state index contributed by atoms with van der Waals surface area (Å²) in [5, 5.41) is 2.79. The molecular weight excluding hydrogens is 364 g/mol. The molecule has 0 heterocycles. The van der Waals surface area contributed by atoms with E-state index in [2.05, 4.69) is 5.32 Å². The van der Waals surface area contributed by atoms with Crippen LogP contribution >= 0.6 is 0 Å². The number of hydrogen-bond acceptors (Lipinski definition) is 4. The maximum atomic E-state index is 12.5. The van der Waals surface area contributed by atoms with E-state index in [1.807, 2.05) is 39.8 Å². The maximum absolute atomic E-state index is 12.5. The molecule has 0 spiro atoms. The zero-order valence-corrected chi connectivity index (χ0v) is 17.1. The molecule has 0 atom stereocenters. The van der Waals surface area contributed by atoms with Crippen LogP contribution in [0.5, 0.6) is 5.75 Å². The van der Waals surface area contributed by atoms with Crippen LogP contribution in [0, 0.1) is 13.8 Å². The van der Waals surface area contributed by atoms with Gasteiger partial charge in [-0.2, -0.15) is 0 Å². The predicted octanol–water partition coefficient (Wildman–Crippen LogP) is 3.50. The normalized spacial score (nSPS) is 11.3. The summed E-state index contributed by atoms with van der Waals surface area (Å²) < 4.78 is 31.3. The van der Waals surface area contributed by atoms with Gasteiger partial charge in [-0.25, -0.2) is 8.42 Å². The Balaban J connectivity index is 2.25. The van der Waals surface area contributed by atoms with E-state index in [4.69, 9.17) is 4.74 Å². The second-order valence-corrected chi connectivity index (χ2v) is 8.64. The summed E-state index contributed by atoms with van der Waals surface area (Å²) in [4.78, 5) is 12.5. The molecule has 0 saturated carbocycles. The van der Waals surface area contributed by atoms with Crippen LogP contribution in [-0.4, -0.2) is 33.2 Å². The quantitative estimate of drug-likeness (QED) is 0.785. The first kappa shape index (κ1) is 20.8. The first-order valence-corrected chi connectivity index (χ1v) is 10.5. The number of carbonyl (C=O) groups is 1. The van der Waals surface area contributed by atoms with Crippen molar-refractivity contribution >= 4 is 27.3 Å². The highest BCUT2D eigenvalue weighted by molar-refractivity contribution is 7.92. The van der Waals surface area contributed by atoms with Crippen LogP contribution in [0.25, 0.3) is 0 Å². The number of hydrogen-bond donors (Lipinski definition) is 1. The van der Waals surface area contributed by atoms with Gasteiger partial charge in [-0.3, -0.25) is 9.10 Å². The Labute approximate surface area is 161 Å². The van der Waals surface area contributed by atoms with Crippen LogP contribution in [0.1, 0.15) is 25.0 Å². The molecule has 2 aromatic carbocycles. The molecule has 0 saturated heterocycles. The lowest BCUT2D eigenvalue weighted by Crippen LogP contribution is -2.37. The molecule has 0 unspecified atom stereocenters. The van der Waals surface area contributed by atoms with Crippen molar-refractivity contribution in [3.05, 3.63) is 53.6 Å². The minimum absolute atomic E-state index is 0.0421. The van der Waals surface area contributed by atoms with Crippen LogP contribution in [-0.2, 0) is 14.8 Å². The van der Waals surface area contributed by atoms with Crippen molar-refractivity contribution < 1.29 is 17.9 Å². The molecule has 146 valence electrons. The Morgan fingerprint density at radius 2 is 1.81 bits per heavy atom. The van der Waals surface area contributed by atoms with Crippen molar-refractivity contribution in [3.8, 4) is 5.75 Å². The average Bonchev–Trinajstić information content (AvgIpc) is 2.55. The highest BCUT2D eigenvalue weighted by Gasteiger charge is 2.22. The lowest BCUT2D eigenvalue weighted by atomic mass is 10.1. The minimum Gasteiger partial charge on any atom is -0.491 e. The van der Waals surface area contributed by atoms with Crippen LogP contribution < -0.4 is 14.4 Å². The van der Waals surface area contributed by atoms with Crippen molar-refractivity contribution in [2.75, 3.05) is 22.4 Å². The van der Waals surface area contributed by atoms with E-state index in [-0.39, 0.29) is 12.6 Å². The number of benzene rings is 2. The zero-order valence-electron chi connectivity index (χ0n) is 16.3. The summed E-state index contributed by atoms with van der Waals surface area (Å²) in [5.74, 6) is 0.135. The first-order chi connectivity index (χ1) is 12.6. The molecule has 1 N–H and O–H groups in total. The van der Waals surface area contributed by atoms with Crippen LogP contribution in [0.15, 0.2) is 42.5 Å². The molecule has 27 heavy (non-hydrogen) atoms. The van der Waals surface area contributed by atoms with Gasteiger partial charge in [-0.15, -0.1) is 0 Å². The number of carbonyl (C=O) groups excluding carboxylic acids is 1. The molecule has 2 aromatic rings. The standard InChI is InChI=1S/C20H26N2O4S/c1-14(2)26-18-10-7-9-17(12-18)22(27(5,24)25)13-20(23)21-19-11-6-8-15(3)16(19)4/h6-12,14H,13H2,1-5H3,(H,21,23). The van der Waals surface area contributed by atoms with Crippen LogP contribution in [0.2, 0.25) is 0 Å². The fourth-order valence-electron chi connectivity index (χ4n) is 2.59. The SMILES string of the molecule is Cc1cccc(NC(=O)CN(c2cccc(OC(C)C)c2)S(C)(=O)=O)c1C. The van der Waals surface area contributed by atoms with Gasteiger partial charge in [-0.05, 0) is 57.0 Å². The van der Waals surface area contributed by atoms with Crippen molar-refractivity contribution in [2.24, 2.45) is 0 Å². The van der Waals surface area contributed by atoms with Crippen molar-refractivity contribution in [1.82, 2.24) is 0 Å². The molecule has 1 amide bonds. The summed E-state index contributed by atoms with van der Waals surface area (Å²) in [6, 6.07) is 12.3. The largest absolute Gasteiger partial charge is 0.491 e. The number of nitrogens with one attached hydrogen (secondary N) is 1. The second-order valence-electron chi connectivity index (χ2n) is 6.73. The zero-order chi connectivity index (χ0) is 20.2. The lowest BCUT2D eigenvalue weighted by Gasteiger charge is -2.23. The Morgan fingerprint density at radius 3 is 2.44 bits per heavy atom. The van der Waals surface area contributed by atoms with E-state index < -0.39 is 15.9 Å². The van der Waals surface area contributed by atoms with Crippen molar-refractivity contribution in [1.29, 1.82) is 0 Å². The summed E-state index contributed by atoms with van der Waals surface area (Å²) in [7, 11) is -3.65. The third kappa shape index (κ3) is 5.72. The van der Waals surface area contributed by atoms with E-state index in [0.717, 1.165) is 21.7 Å². The molecule has 2 rings (SSSR count). The van der Waals surface area contributed by atoms with Gasteiger partial charge in [0.15, 0.2) is 0 Å². The Kier molecular flexibility index (Phi) is 6.49. The minimum atomic E-state index is -3.65. The average molecular weight is 391 g/mol. The number of sulfonamides is 1. The van der Waals surface area contributed by atoms with Gasteiger partial charge >= 0.3 is 0 Å².